The molecule has 170 valence electrons. The van der Waals surface area contributed by atoms with Crippen molar-refractivity contribution in [2.24, 2.45) is 0 Å². The van der Waals surface area contributed by atoms with Gasteiger partial charge in [-0.05, 0) is 24.6 Å². The molecule has 1 fully saturated rings. The summed E-state index contributed by atoms with van der Waals surface area (Å²) in [5.74, 6) is -0.416. The number of aliphatic hydroxyl groups excluding tert-OH is 2. The molecule has 5 atom stereocenters. The summed E-state index contributed by atoms with van der Waals surface area (Å²) >= 11 is 0. The van der Waals surface area contributed by atoms with Crippen LogP contribution in [-0.4, -0.2) is 66.3 Å². The Hall–Kier alpha value is -2.55. The zero-order chi connectivity index (χ0) is 22.9. The highest BCUT2D eigenvalue weighted by Crippen LogP contribution is 2.27. The maximum absolute atomic E-state index is 11.6. The summed E-state index contributed by atoms with van der Waals surface area (Å²) in [5.41, 5.74) is 0.346. The fourth-order valence-corrected chi connectivity index (χ4v) is 3.53. The number of carbonyl (C=O) groups excluding carboxylic acids is 1. The van der Waals surface area contributed by atoms with Gasteiger partial charge in [-0.25, -0.2) is 8.98 Å². The Morgan fingerprint density at radius 1 is 1.23 bits per heavy atom. The third-order valence-electron chi connectivity index (χ3n) is 4.63. The van der Waals surface area contributed by atoms with Crippen LogP contribution in [0.4, 0.5) is 0 Å². The number of hydrogen-bond donors (Lipinski definition) is 4. The van der Waals surface area contributed by atoms with Crippen molar-refractivity contribution in [2.45, 2.75) is 44.5 Å². The van der Waals surface area contributed by atoms with Gasteiger partial charge in [0.2, 0.25) is 12.2 Å². The van der Waals surface area contributed by atoms with Crippen LogP contribution in [-0.2, 0) is 24.1 Å². The predicted molar refractivity (Wildman–Crippen MR) is 104 cm³/mol. The molecule has 3 rings (SSSR count). The minimum absolute atomic E-state index is 0.139. The number of aliphatic hydroxyl groups is 2. The molecule has 1 saturated heterocycles. The van der Waals surface area contributed by atoms with Crippen molar-refractivity contribution in [3.05, 3.63) is 40.2 Å². The lowest BCUT2D eigenvalue weighted by atomic mass is 9.97. The van der Waals surface area contributed by atoms with Gasteiger partial charge < -0.3 is 29.4 Å². The highest BCUT2D eigenvalue weighted by molar-refractivity contribution is 7.80. The highest BCUT2D eigenvalue weighted by Gasteiger charge is 2.46. The standard InChI is InChI=1S/C18H21NO11S/c1-8-5-14(21)29-12-6-10(3-4-11(8)12)28-18-15(19-9(2)20)17(23)16(22)13(30-18)7-27-31(24,25)26/h3-6,13,15-18,22-23H,7H2,1-2H3,(H,19,20)(H,24,25,26)/t13-,15-,16+,17-,18-/m1/s1. The molecule has 12 nitrogen and oxygen atoms in total. The van der Waals surface area contributed by atoms with E-state index in [1.165, 1.54) is 25.1 Å². The number of amides is 1. The molecule has 0 unspecified atom stereocenters. The van der Waals surface area contributed by atoms with Gasteiger partial charge in [0, 0.05) is 24.4 Å². The lowest BCUT2D eigenvalue weighted by Gasteiger charge is -2.42. The average Bonchev–Trinajstić information content (AvgIpc) is 2.65. The van der Waals surface area contributed by atoms with E-state index in [9.17, 15) is 28.2 Å². The number of nitrogens with one attached hydrogen (secondary N) is 1. The van der Waals surface area contributed by atoms with Gasteiger partial charge in [-0.2, -0.15) is 8.42 Å². The maximum atomic E-state index is 11.6. The summed E-state index contributed by atoms with van der Waals surface area (Å²) in [7, 11) is -4.83. The molecule has 0 bridgehead atoms. The first kappa shape index (κ1) is 23.1. The molecular formula is C18H21NO11S. The maximum Gasteiger partial charge on any atom is 0.397 e. The first-order valence-corrected chi connectivity index (χ1v) is 10.4. The third-order valence-corrected chi connectivity index (χ3v) is 5.06. The van der Waals surface area contributed by atoms with E-state index >= 15 is 0 Å². The second kappa shape index (κ2) is 8.90. The van der Waals surface area contributed by atoms with Crippen molar-refractivity contribution in [2.75, 3.05) is 6.61 Å². The molecule has 1 aliphatic heterocycles. The molecule has 31 heavy (non-hydrogen) atoms. The second-order valence-electron chi connectivity index (χ2n) is 6.99. The predicted octanol–water partition coefficient (Wildman–Crippen LogP) is -0.749. The molecule has 0 aliphatic carbocycles. The van der Waals surface area contributed by atoms with Gasteiger partial charge >= 0.3 is 16.0 Å². The molecule has 0 spiro atoms. The van der Waals surface area contributed by atoms with Crippen LogP contribution >= 0.6 is 0 Å². The Labute approximate surface area is 176 Å². The van der Waals surface area contributed by atoms with Gasteiger partial charge in [-0.1, -0.05) is 0 Å². The van der Waals surface area contributed by atoms with Crippen LogP contribution in [0.15, 0.2) is 33.5 Å². The van der Waals surface area contributed by atoms with Crippen molar-refractivity contribution in [3.63, 3.8) is 0 Å². The van der Waals surface area contributed by atoms with Gasteiger partial charge in [-0.15, -0.1) is 0 Å². The van der Waals surface area contributed by atoms with Gasteiger partial charge in [0.15, 0.2) is 0 Å². The lowest BCUT2D eigenvalue weighted by molar-refractivity contribution is -0.242. The van der Waals surface area contributed by atoms with Crippen LogP contribution in [0.2, 0.25) is 0 Å². The summed E-state index contributed by atoms with van der Waals surface area (Å²) in [6.07, 6.45) is -6.12. The normalized spacial score (nSPS) is 26.5. The van der Waals surface area contributed by atoms with E-state index in [1.54, 1.807) is 13.0 Å². The molecular weight excluding hydrogens is 438 g/mol. The monoisotopic (exact) mass is 459 g/mol. The van der Waals surface area contributed by atoms with Gasteiger partial charge in [0.25, 0.3) is 0 Å². The molecule has 0 saturated carbocycles. The SMILES string of the molecule is CC(=O)N[C@H]1[C@H](Oc2ccc3c(C)cc(=O)oc3c2)O[C@H](COS(=O)(=O)O)[C@H](O)[C@@H]1O. The van der Waals surface area contributed by atoms with Crippen molar-refractivity contribution in [3.8, 4) is 5.75 Å². The molecule has 13 heteroatoms. The number of fused-ring (bicyclic) bond motifs is 1. The molecule has 4 N–H and O–H groups in total. The summed E-state index contributed by atoms with van der Waals surface area (Å²) in [4.78, 5) is 23.2. The zero-order valence-corrected chi connectivity index (χ0v) is 17.2. The molecule has 2 aromatic rings. The first-order chi connectivity index (χ1) is 14.4. The average molecular weight is 459 g/mol. The number of aryl methyl sites for hydroxylation is 1. The summed E-state index contributed by atoms with van der Waals surface area (Å²) in [6.45, 7) is 2.08. The van der Waals surface area contributed by atoms with E-state index in [0.717, 1.165) is 0 Å². The number of rotatable bonds is 6. The van der Waals surface area contributed by atoms with Crippen LogP contribution in [0, 0.1) is 6.92 Å². The minimum Gasteiger partial charge on any atom is -0.462 e. The van der Waals surface area contributed by atoms with Crippen LogP contribution in [0.5, 0.6) is 5.75 Å². The summed E-state index contributed by atoms with van der Waals surface area (Å²) in [6, 6.07) is 4.65. The Balaban J connectivity index is 1.89. The van der Waals surface area contributed by atoms with Crippen LogP contribution in [0.3, 0.4) is 0 Å². The number of ether oxygens (including phenoxy) is 2. The summed E-state index contributed by atoms with van der Waals surface area (Å²) < 4.78 is 51.0. The van der Waals surface area contributed by atoms with Crippen molar-refractivity contribution >= 4 is 27.3 Å². The van der Waals surface area contributed by atoms with Crippen LogP contribution in [0.25, 0.3) is 11.0 Å². The van der Waals surface area contributed by atoms with E-state index in [4.69, 9.17) is 18.4 Å². The van der Waals surface area contributed by atoms with Crippen molar-refractivity contribution in [1.29, 1.82) is 0 Å². The fourth-order valence-electron chi connectivity index (χ4n) is 3.22. The smallest absolute Gasteiger partial charge is 0.397 e. The fraction of sp³-hybridized carbons (Fsp3) is 0.444. The lowest BCUT2D eigenvalue weighted by Crippen LogP contribution is -2.65. The van der Waals surface area contributed by atoms with Crippen molar-refractivity contribution in [1.82, 2.24) is 5.32 Å². The second-order valence-corrected chi connectivity index (χ2v) is 8.08. The topological polar surface area (TPSA) is 182 Å². The van der Waals surface area contributed by atoms with Gasteiger partial charge in [0.1, 0.15) is 35.7 Å². The quantitative estimate of drug-likeness (QED) is 0.315. The largest absolute Gasteiger partial charge is 0.462 e. The van der Waals surface area contributed by atoms with Crippen LogP contribution in [0.1, 0.15) is 12.5 Å². The third kappa shape index (κ3) is 5.58. The van der Waals surface area contributed by atoms with Gasteiger partial charge in [-0.3, -0.25) is 9.35 Å². The Bertz CT molecular complexity index is 1130. The van der Waals surface area contributed by atoms with Gasteiger partial charge in [0.05, 0.1) is 6.61 Å². The van der Waals surface area contributed by atoms with E-state index < -0.39 is 59.2 Å². The molecule has 1 aliphatic rings. The molecule has 1 amide bonds. The van der Waals surface area contributed by atoms with Crippen LogP contribution < -0.4 is 15.7 Å². The Morgan fingerprint density at radius 2 is 1.94 bits per heavy atom. The van der Waals surface area contributed by atoms with E-state index in [-0.39, 0.29) is 11.3 Å². The van der Waals surface area contributed by atoms with E-state index in [1.807, 2.05) is 0 Å². The molecule has 1 aromatic carbocycles. The number of benzene rings is 1. The molecule has 2 heterocycles. The zero-order valence-electron chi connectivity index (χ0n) is 16.4. The van der Waals surface area contributed by atoms with E-state index in [2.05, 4.69) is 9.50 Å². The highest BCUT2D eigenvalue weighted by atomic mass is 32.3. The van der Waals surface area contributed by atoms with E-state index in [0.29, 0.717) is 10.9 Å². The number of hydrogen-bond acceptors (Lipinski definition) is 10. The minimum atomic E-state index is -4.83. The Kier molecular flexibility index (Phi) is 6.64. The molecule has 0 radical (unpaired) electrons. The summed E-state index contributed by atoms with van der Waals surface area (Å²) in [5, 5.41) is 23.7. The first-order valence-electron chi connectivity index (χ1n) is 9.06. The molecule has 1 aromatic heterocycles. The number of carbonyl (C=O) groups is 1. The van der Waals surface area contributed by atoms with Crippen molar-refractivity contribution < 1.29 is 46.1 Å². The Morgan fingerprint density at radius 3 is 2.58 bits per heavy atom.